The van der Waals surface area contributed by atoms with Crippen molar-refractivity contribution in [3.05, 3.63) is 26.8 Å². The van der Waals surface area contributed by atoms with Crippen molar-refractivity contribution in [1.29, 1.82) is 0 Å². The first-order valence-corrected chi connectivity index (χ1v) is 5.45. The van der Waals surface area contributed by atoms with E-state index < -0.39 is 17.8 Å². The number of rotatable bonds is 2. The van der Waals surface area contributed by atoms with Gasteiger partial charge < -0.3 is 0 Å². The molecule has 0 bridgehead atoms. The molecule has 1 heterocycles. The molecule has 72 valence electrons. The molecule has 0 spiro atoms. The van der Waals surface area contributed by atoms with Gasteiger partial charge in [-0.2, -0.15) is 0 Å². The first kappa shape index (κ1) is 11.2. The van der Waals surface area contributed by atoms with Crippen LogP contribution in [0.25, 0.3) is 0 Å². The molecule has 0 amide bonds. The van der Waals surface area contributed by atoms with Gasteiger partial charge in [0, 0.05) is 5.33 Å². The molecule has 1 aromatic heterocycles. The Balaban J connectivity index is 3.25. The summed E-state index contributed by atoms with van der Waals surface area (Å²) in [5, 5.41) is 0.336. The number of hydrogen-bond acceptors (Lipinski definition) is 1. The zero-order chi connectivity index (χ0) is 10.0. The van der Waals surface area contributed by atoms with Gasteiger partial charge in [0.2, 0.25) is 0 Å². The molecule has 6 heteroatoms. The summed E-state index contributed by atoms with van der Waals surface area (Å²) in [4.78, 5) is 3.77. The van der Waals surface area contributed by atoms with Gasteiger partial charge in [0.05, 0.1) is 11.3 Å². The Morgan fingerprint density at radius 2 is 2.15 bits per heavy atom. The van der Waals surface area contributed by atoms with Crippen LogP contribution in [-0.2, 0) is 5.33 Å². The largest absolute Gasteiger partial charge is 0.266 e. The van der Waals surface area contributed by atoms with Crippen LogP contribution < -0.4 is 0 Å². The number of pyridine rings is 1. The van der Waals surface area contributed by atoms with Crippen LogP contribution in [-0.4, -0.2) is 4.98 Å². The van der Waals surface area contributed by atoms with Crippen LogP contribution in [0.5, 0.6) is 0 Å². The van der Waals surface area contributed by atoms with E-state index in [1.807, 2.05) is 0 Å². The minimum Gasteiger partial charge on any atom is -0.243 e. The Hall–Kier alpha value is 0.150. The lowest BCUT2D eigenvalue weighted by atomic mass is 10.2. The lowest BCUT2D eigenvalue weighted by Gasteiger charge is -2.05. The van der Waals surface area contributed by atoms with Gasteiger partial charge in [-0.05, 0) is 28.7 Å². The third-order valence-corrected chi connectivity index (χ3v) is 2.66. The number of hydrogen-bond donors (Lipinski definition) is 0. The predicted octanol–water partition coefficient (Wildman–Crippen LogP) is 3.66. The number of halogens is 5. The van der Waals surface area contributed by atoms with E-state index >= 15 is 0 Å². The maximum Gasteiger partial charge on any atom is 0.266 e. The molecule has 0 aromatic carbocycles. The quantitative estimate of drug-likeness (QED) is 0.443. The Bertz CT molecular complexity index is 319. The molecular weight excluding hydrogens is 362 g/mol. The van der Waals surface area contributed by atoms with Crippen LogP contribution >= 0.6 is 38.5 Å². The summed E-state index contributed by atoms with van der Waals surface area (Å²) in [5.74, 6) is -0.930. The van der Waals surface area contributed by atoms with Gasteiger partial charge >= 0.3 is 0 Å². The fourth-order valence-corrected chi connectivity index (χ4v) is 1.71. The van der Waals surface area contributed by atoms with E-state index in [1.165, 1.54) is 0 Å². The molecule has 0 aliphatic carbocycles. The van der Waals surface area contributed by atoms with Crippen molar-refractivity contribution in [3.8, 4) is 0 Å². The van der Waals surface area contributed by atoms with Crippen LogP contribution in [0.1, 0.15) is 17.7 Å². The first-order chi connectivity index (χ1) is 6.06. The molecule has 0 aliphatic heterocycles. The minimum atomic E-state index is -2.80. The summed E-state index contributed by atoms with van der Waals surface area (Å²) in [7, 11) is 0. The fourth-order valence-electron chi connectivity index (χ4n) is 0.797. The number of aromatic nitrogens is 1. The Morgan fingerprint density at radius 3 is 2.62 bits per heavy atom. The summed E-state index contributed by atoms with van der Waals surface area (Å²) < 4.78 is 37.5. The lowest BCUT2D eigenvalue weighted by Crippen LogP contribution is -2.00. The average Bonchev–Trinajstić information content (AvgIpc) is 2.09. The van der Waals surface area contributed by atoms with Crippen LogP contribution in [0.2, 0.25) is 0 Å². The van der Waals surface area contributed by atoms with E-state index in [1.54, 1.807) is 22.6 Å². The van der Waals surface area contributed by atoms with E-state index in [-0.39, 0.29) is 3.70 Å². The monoisotopic (exact) mass is 365 g/mol. The maximum absolute atomic E-state index is 13.0. The van der Waals surface area contributed by atoms with Crippen molar-refractivity contribution in [2.24, 2.45) is 0 Å². The van der Waals surface area contributed by atoms with Crippen molar-refractivity contribution < 1.29 is 13.2 Å². The zero-order valence-corrected chi connectivity index (χ0v) is 9.94. The van der Waals surface area contributed by atoms with Gasteiger partial charge in [0.15, 0.2) is 5.82 Å². The van der Waals surface area contributed by atoms with Gasteiger partial charge in [0.1, 0.15) is 3.70 Å². The van der Waals surface area contributed by atoms with E-state index in [4.69, 9.17) is 0 Å². The normalized spacial score (nSPS) is 10.9. The molecule has 0 aliphatic rings. The molecule has 0 saturated carbocycles. The predicted molar refractivity (Wildman–Crippen MR) is 54.5 cm³/mol. The first-order valence-electron chi connectivity index (χ1n) is 3.25. The van der Waals surface area contributed by atoms with Crippen molar-refractivity contribution in [3.63, 3.8) is 0 Å². The summed E-state index contributed by atoms with van der Waals surface area (Å²) >= 11 is 4.66. The molecule has 1 rings (SSSR count). The number of alkyl halides is 3. The topological polar surface area (TPSA) is 12.9 Å². The lowest BCUT2D eigenvalue weighted by molar-refractivity contribution is 0.145. The van der Waals surface area contributed by atoms with Crippen molar-refractivity contribution >= 4 is 38.5 Å². The average molecular weight is 366 g/mol. The van der Waals surface area contributed by atoms with Crippen molar-refractivity contribution in [2.75, 3.05) is 0 Å². The molecule has 0 atom stereocenters. The van der Waals surface area contributed by atoms with Gasteiger partial charge in [-0.1, -0.05) is 15.9 Å². The second kappa shape index (κ2) is 4.59. The van der Waals surface area contributed by atoms with Gasteiger partial charge in [-0.15, -0.1) is 0 Å². The maximum atomic E-state index is 13.0. The molecule has 1 aromatic rings. The molecular formula is C7H4BrF3IN. The molecule has 0 fully saturated rings. The molecule has 0 radical (unpaired) electrons. The van der Waals surface area contributed by atoms with Gasteiger partial charge in [-0.25, -0.2) is 18.2 Å². The van der Waals surface area contributed by atoms with Crippen LogP contribution in [0, 0.1) is 9.52 Å². The molecule has 13 heavy (non-hydrogen) atoms. The fraction of sp³-hybridized carbons (Fsp3) is 0.286. The highest BCUT2D eigenvalue weighted by molar-refractivity contribution is 14.1. The SMILES string of the molecule is Fc1c(C(F)F)cc(CBr)nc1I. The van der Waals surface area contributed by atoms with E-state index in [0.717, 1.165) is 6.07 Å². The van der Waals surface area contributed by atoms with E-state index in [9.17, 15) is 13.2 Å². The van der Waals surface area contributed by atoms with Crippen molar-refractivity contribution in [1.82, 2.24) is 4.98 Å². The molecule has 0 saturated heterocycles. The van der Waals surface area contributed by atoms with Crippen LogP contribution in [0.3, 0.4) is 0 Å². The van der Waals surface area contributed by atoms with Gasteiger partial charge in [-0.3, -0.25) is 0 Å². The molecule has 0 N–H and O–H groups in total. The summed E-state index contributed by atoms with van der Waals surface area (Å²) in [6.45, 7) is 0. The minimum absolute atomic E-state index is 0.0233. The summed E-state index contributed by atoms with van der Waals surface area (Å²) in [6.07, 6.45) is -2.80. The van der Waals surface area contributed by atoms with Crippen LogP contribution in [0.4, 0.5) is 13.2 Å². The van der Waals surface area contributed by atoms with Crippen LogP contribution in [0.15, 0.2) is 6.07 Å². The second-order valence-corrected chi connectivity index (χ2v) is 3.82. The smallest absolute Gasteiger partial charge is 0.243 e. The third-order valence-electron chi connectivity index (χ3n) is 1.37. The highest BCUT2D eigenvalue weighted by Crippen LogP contribution is 2.25. The van der Waals surface area contributed by atoms with Gasteiger partial charge in [0.25, 0.3) is 6.43 Å². The second-order valence-electron chi connectivity index (χ2n) is 2.24. The molecule has 0 unspecified atom stereocenters. The van der Waals surface area contributed by atoms with E-state index in [0.29, 0.717) is 11.0 Å². The van der Waals surface area contributed by atoms with Crippen molar-refractivity contribution in [2.45, 2.75) is 11.8 Å². The van der Waals surface area contributed by atoms with E-state index in [2.05, 4.69) is 20.9 Å². The Labute approximate surface area is 95.0 Å². The standard InChI is InChI=1S/C7H4BrF3IN/c8-2-3-1-4(6(10)11)5(9)7(12)13-3/h1,6H,2H2. The Kier molecular flexibility index (Phi) is 3.96. The molecule has 1 nitrogen and oxygen atoms in total. The Morgan fingerprint density at radius 1 is 1.54 bits per heavy atom. The number of nitrogens with zero attached hydrogens (tertiary/aromatic N) is 1. The third kappa shape index (κ3) is 2.55. The highest BCUT2D eigenvalue weighted by Gasteiger charge is 2.17. The highest BCUT2D eigenvalue weighted by atomic mass is 127. The zero-order valence-electron chi connectivity index (χ0n) is 6.20. The summed E-state index contributed by atoms with van der Waals surface area (Å²) in [5.41, 5.74) is -0.185. The summed E-state index contributed by atoms with van der Waals surface area (Å²) in [6, 6.07) is 1.07.